The van der Waals surface area contributed by atoms with E-state index in [4.69, 9.17) is 4.98 Å². The van der Waals surface area contributed by atoms with Gasteiger partial charge in [-0.3, -0.25) is 0 Å². The molecule has 2 heterocycles. The summed E-state index contributed by atoms with van der Waals surface area (Å²) in [5.74, 6) is 0. The lowest BCUT2D eigenvalue weighted by Gasteiger charge is -2.11. The quantitative estimate of drug-likeness (QED) is 0.157. The molecule has 6 aromatic carbocycles. The van der Waals surface area contributed by atoms with Gasteiger partial charge in [-0.25, -0.2) is 9.97 Å². The van der Waals surface area contributed by atoms with Crippen molar-refractivity contribution in [3.8, 4) is 0 Å². The largest absolute Gasteiger partial charge is 0.248 e. The fraction of sp³-hybridized carbons (Fsp3) is 0.0556. The zero-order valence-corrected chi connectivity index (χ0v) is 21.4. The van der Waals surface area contributed by atoms with Gasteiger partial charge in [0.2, 0.25) is 0 Å². The minimum Gasteiger partial charge on any atom is -0.248 e. The van der Waals surface area contributed by atoms with E-state index in [0.717, 1.165) is 22.1 Å². The van der Waals surface area contributed by atoms with E-state index in [1.54, 1.807) is 0 Å². The maximum atomic E-state index is 5.09. The van der Waals surface area contributed by atoms with Crippen molar-refractivity contribution < 1.29 is 0 Å². The van der Waals surface area contributed by atoms with E-state index in [9.17, 15) is 0 Å². The second-order valence-corrected chi connectivity index (χ2v) is 9.87. The van der Waals surface area contributed by atoms with Crippen LogP contribution < -0.4 is 0 Å². The molecule has 0 amide bonds. The molecule has 0 aliphatic rings. The summed E-state index contributed by atoms with van der Waals surface area (Å²) in [4.78, 5) is 9.73. The van der Waals surface area contributed by atoms with Gasteiger partial charge in [0.1, 0.15) is 0 Å². The van der Waals surface area contributed by atoms with Crippen LogP contribution in [0.15, 0.2) is 121 Å². The Labute approximate surface area is 221 Å². The highest BCUT2D eigenvalue weighted by Crippen LogP contribution is 2.33. The fourth-order valence-electron chi connectivity index (χ4n) is 5.66. The summed E-state index contributed by atoms with van der Waals surface area (Å²) < 4.78 is 0. The van der Waals surface area contributed by atoms with E-state index in [2.05, 4.69) is 128 Å². The Balaban J connectivity index is 0.000000140. The molecule has 8 rings (SSSR count). The first-order valence-corrected chi connectivity index (χ1v) is 13.0. The molecule has 0 radical (unpaired) electrons. The van der Waals surface area contributed by atoms with Gasteiger partial charge in [-0.15, -0.1) is 0 Å². The monoisotopic (exact) mass is 486 g/mol. The lowest BCUT2D eigenvalue weighted by atomic mass is 9.97. The Kier molecular flexibility index (Phi) is 5.26. The Morgan fingerprint density at radius 1 is 0.342 bits per heavy atom. The Morgan fingerprint density at radius 2 is 0.737 bits per heavy atom. The summed E-state index contributed by atoms with van der Waals surface area (Å²) in [6.07, 6.45) is 0. The summed E-state index contributed by atoms with van der Waals surface area (Å²) in [7, 11) is 0. The summed E-state index contributed by atoms with van der Waals surface area (Å²) in [5.41, 5.74) is 6.98. The molecule has 8 aromatic rings. The van der Waals surface area contributed by atoms with Gasteiger partial charge in [-0.05, 0) is 47.9 Å². The summed E-state index contributed by atoms with van der Waals surface area (Å²) in [6, 6.07) is 42.3. The van der Waals surface area contributed by atoms with Crippen LogP contribution in [0.2, 0.25) is 0 Å². The first-order valence-electron chi connectivity index (χ1n) is 13.0. The zero-order valence-electron chi connectivity index (χ0n) is 21.4. The highest BCUT2D eigenvalue weighted by atomic mass is 14.7. The van der Waals surface area contributed by atoms with Gasteiger partial charge in [0.25, 0.3) is 0 Å². The third-order valence-corrected chi connectivity index (χ3v) is 7.69. The van der Waals surface area contributed by atoms with E-state index in [-0.39, 0.29) is 0 Å². The van der Waals surface area contributed by atoms with Crippen molar-refractivity contribution in [1.29, 1.82) is 0 Å². The van der Waals surface area contributed by atoms with Crippen LogP contribution in [0.5, 0.6) is 0 Å². The molecule has 2 heteroatoms. The molecule has 0 aliphatic heterocycles. The predicted molar refractivity (Wildman–Crippen MR) is 163 cm³/mol. The molecular weight excluding hydrogens is 460 g/mol. The number of nitrogens with zero attached hydrogens (tertiary/aromatic N) is 2. The fourth-order valence-corrected chi connectivity index (χ4v) is 5.66. The number of hydrogen-bond acceptors (Lipinski definition) is 2. The Morgan fingerprint density at radius 3 is 1.24 bits per heavy atom. The Hall–Kier alpha value is -4.82. The molecule has 180 valence electrons. The van der Waals surface area contributed by atoms with Crippen molar-refractivity contribution in [2.45, 2.75) is 13.8 Å². The minimum atomic E-state index is 1.08. The number of benzene rings is 6. The molecule has 0 fully saturated rings. The third kappa shape index (κ3) is 3.57. The molecule has 0 saturated carbocycles. The SMILES string of the molecule is Cc1c2ccc3ccccc3c2nc2c1ccc1ccccc12.Cc1c2ccccc2nc2ccccc12. The van der Waals surface area contributed by atoms with Gasteiger partial charge in [-0.1, -0.05) is 109 Å². The van der Waals surface area contributed by atoms with Crippen LogP contribution in [0, 0.1) is 13.8 Å². The molecule has 0 bridgehead atoms. The van der Waals surface area contributed by atoms with Gasteiger partial charge < -0.3 is 0 Å². The number of para-hydroxylation sites is 2. The standard InChI is InChI=1S/C22H15N.C14H11N/c1-14-17-12-10-15-6-2-4-8-19(15)21(17)23-22-18(14)13-11-16-7-3-5-9-20(16)22;1-10-11-6-2-4-8-13(11)15-14-9-5-3-7-12(10)14/h2-13H,1H3;2-9H,1H3. The molecule has 0 aliphatic carbocycles. The lowest BCUT2D eigenvalue weighted by molar-refractivity contribution is 1.45. The smallest absolute Gasteiger partial charge is 0.0790 e. The van der Waals surface area contributed by atoms with Crippen LogP contribution in [0.4, 0.5) is 0 Å². The van der Waals surface area contributed by atoms with Gasteiger partial charge in [0.05, 0.1) is 22.1 Å². The normalized spacial score (nSPS) is 11.4. The van der Waals surface area contributed by atoms with Crippen molar-refractivity contribution >= 4 is 65.2 Å². The van der Waals surface area contributed by atoms with E-state index in [0.29, 0.717) is 0 Å². The molecule has 2 aromatic heterocycles. The highest BCUT2D eigenvalue weighted by molar-refractivity contribution is 6.15. The van der Waals surface area contributed by atoms with Crippen molar-refractivity contribution in [2.24, 2.45) is 0 Å². The van der Waals surface area contributed by atoms with Gasteiger partial charge in [-0.2, -0.15) is 0 Å². The zero-order chi connectivity index (χ0) is 25.6. The van der Waals surface area contributed by atoms with Crippen molar-refractivity contribution in [3.63, 3.8) is 0 Å². The third-order valence-electron chi connectivity index (χ3n) is 7.69. The van der Waals surface area contributed by atoms with E-state index >= 15 is 0 Å². The molecule has 0 atom stereocenters. The summed E-state index contributed by atoms with van der Waals surface area (Å²) in [6.45, 7) is 4.36. The number of pyridine rings is 2. The highest BCUT2D eigenvalue weighted by Gasteiger charge is 2.10. The second-order valence-electron chi connectivity index (χ2n) is 9.87. The first kappa shape index (κ1) is 22.4. The number of hydrogen-bond donors (Lipinski definition) is 0. The molecule has 0 N–H and O–H groups in total. The molecule has 0 unspecified atom stereocenters. The molecule has 38 heavy (non-hydrogen) atoms. The van der Waals surface area contributed by atoms with Crippen LogP contribution in [0.1, 0.15) is 11.1 Å². The summed E-state index contributed by atoms with van der Waals surface area (Å²) >= 11 is 0. The topological polar surface area (TPSA) is 25.8 Å². The first-order chi connectivity index (χ1) is 18.7. The van der Waals surface area contributed by atoms with E-state index in [1.165, 1.54) is 54.2 Å². The van der Waals surface area contributed by atoms with Gasteiger partial charge in [0, 0.05) is 32.3 Å². The number of aromatic nitrogens is 2. The minimum absolute atomic E-state index is 1.08. The van der Waals surface area contributed by atoms with Gasteiger partial charge >= 0.3 is 0 Å². The molecule has 2 nitrogen and oxygen atoms in total. The van der Waals surface area contributed by atoms with Crippen molar-refractivity contribution in [1.82, 2.24) is 9.97 Å². The molecular formula is C36H26N2. The van der Waals surface area contributed by atoms with Crippen molar-refractivity contribution in [2.75, 3.05) is 0 Å². The number of rotatable bonds is 0. The Bertz CT molecular complexity index is 2010. The molecule has 0 spiro atoms. The average Bonchev–Trinajstić information content (AvgIpc) is 2.98. The van der Waals surface area contributed by atoms with Crippen LogP contribution in [0.25, 0.3) is 65.2 Å². The maximum absolute atomic E-state index is 5.09. The average molecular weight is 487 g/mol. The van der Waals surface area contributed by atoms with Crippen LogP contribution in [-0.4, -0.2) is 9.97 Å². The number of aryl methyl sites for hydroxylation is 2. The molecule has 0 saturated heterocycles. The van der Waals surface area contributed by atoms with E-state index < -0.39 is 0 Å². The van der Waals surface area contributed by atoms with Crippen LogP contribution in [0.3, 0.4) is 0 Å². The van der Waals surface area contributed by atoms with Gasteiger partial charge in [0.15, 0.2) is 0 Å². The van der Waals surface area contributed by atoms with Crippen LogP contribution >= 0.6 is 0 Å². The van der Waals surface area contributed by atoms with E-state index in [1.807, 2.05) is 12.1 Å². The maximum Gasteiger partial charge on any atom is 0.0790 e. The second kappa shape index (κ2) is 8.93. The lowest BCUT2D eigenvalue weighted by Crippen LogP contribution is -1.90. The number of fused-ring (bicyclic) bond motifs is 8. The summed E-state index contributed by atoms with van der Waals surface area (Å²) in [5, 5.41) is 9.91. The predicted octanol–water partition coefficient (Wildman–Crippen LogP) is 9.70. The van der Waals surface area contributed by atoms with Crippen LogP contribution in [-0.2, 0) is 0 Å². The van der Waals surface area contributed by atoms with Crippen molar-refractivity contribution in [3.05, 3.63) is 132 Å².